The SMILES string of the molecule is COc1cc(NC(=O)C2(C(=O)NCc3ccccn3)CC2)c(OC)cc1Cl. The third kappa shape index (κ3) is 3.98. The number of halogens is 1. The maximum Gasteiger partial charge on any atom is 0.240 e. The summed E-state index contributed by atoms with van der Waals surface area (Å²) in [4.78, 5) is 29.5. The van der Waals surface area contributed by atoms with Crippen LogP contribution in [0, 0.1) is 5.41 Å². The van der Waals surface area contributed by atoms with E-state index in [1.165, 1.54) is 14.2 Å². The molecule has 0 spiro atoms. The summed E-state index contributed by atoms with van der Waals surface area (Å²) in [5.74, 6) is 0.0882. The first-order valence-corrected chi connectivity index (χ1v) is 8.79. The number of nitrogens with one attached hydrogen (secondary N) is 2. The smallest absolute Gasteiger partial charge is 0.240 e. The van der Waals surface area contributed by atoms with Crippen LogP contribution in [0.2, 0.25) is 5.02 Å². The summed E-state index contributed by atoms with van der Waals surface area (Å²) in [6, 6.07) is 8.58. The standard InChI is InChI=1S/C19H20ClN3O4/c1-26-15-10-14(16(27-2)9-13(15)20)23-18(25)19(6-7-19)17(24)22-11-12-5-3-4-8-21-12/h3-5,8-10H,6-7,11H2,1-2H3,(H,22,24)(H,23,25). The molecule has 142 valence electrons. The zero-order valence-electron chi connectivity index (χ0n) is 15.0. The molecule has 1 saturated carbocycles. The molecule has 1 aromatic heterocycles. The number of methoxy groups -OCH3 is 2. The van der Waals surface area contributed by atoms with Gasteiger partial charge >= 0.3 is 0 Å². The van der Waals surface area contributed by atoms with E-state index in [0.29, 0.717) is 35.1 Å². The van der Waals surface area contributed by atoms with Gasteiger partial charge in [-0.15, -0.1) is 0 Å². The van der Waals surface area contributed by atoms with Crippen LogP contribution in [0.5, 0.6) is 11.5 Å². The second kappa shape index (κ2) is 7.84. The number of ether oxygens (including phenoxy) is 2. The Morgan fingerprint density at radius 1 is 1.15 bits per heavy atom. The second-order valence-electron chi connectivity index (χ2n) is 6.23. The highest BCUT2D eigenvalue weighted by atomic mass is 35.5. The van der Waals surface area contributed by atoms with Crippen molar-refractivity contribution in [2.45, 2.75) is 19.4 Å². The lowest BCUT2D eigenvalue weighted by Crippen LogP contribution is -2.39. The number of nitrogens with zero attached hydrogens (tertiary/aromatic N) is 1. The summed E-state index contributed by atoms with van der Waals surface area (Å²) in [6.07, 6.45) is 2.63. The van der Waals surface area contributed by atoms with E-state index in [9.17, 15) is 9.59 Å². The van der Waals surface area contributed by atoms with Gasteiger partial charge in [0, 0.05) is 18.3 Å². The van der Waals surface area contributed by atoms with Gasteiger partial charge in [0.05, 0.1) is 37.2 Å². The quantitative estimate of drug-likeness (QED) is 0.711. The van der Waals surface area contributed by atoms with E-state index < -0.39 is 5.41 Å². The van der Waals surface area contributed by atoms with E-state index in [2.05, 4.69) is 15.6 Å². The molecule has 0 saturated heterocycles. The maximum atomic E-state index is 12.8. The minimum atomic E-state index is -1.08. The summed E-state index contributed by atoms with van der Waals surface area (Å²) in [7, 11) is 2.95. The Bertz CT molecular complexity index is 854. The van der Waals surface area contributed by atoms with Gasteiger partial charge in [0.1, 0.15) is 16.9 Å². The Kier molecular flexibility index (Phi) is 5.51. The molecule has 0 bridgehead atoms. The van der Waals surface area contributed by atoms with E-state index in [4.69, 9.17) is 21.1 Å². The molecule has 7 nitrogen and oxygen atoms in total. The minimum absolute atomic E-state index is 0.271. The van der Waals surface area contributed by atoms with Crippen LogP contribution in [0.4, 0.5) is 5.69 Å². The Morgan fingerprint density at radius 2 is 1.89 bits per heavy atom. The monoisotopic (exact) mass is 389 g/mol. The summed E-state index contributed by atoms with van der Waals surface area (Å²) in [6.45, 7) is 0.271. The molecule has 2 N–H and O–H groups in total. The van der Waals surface area contributed by atoms with Gasteiger partial charge in [-0.2, -0.15) is 0 Å². The molecular weight excluding hydrogens is 370 g/mol. The van der Waals surface area contributed by atoms with Crippen molar-refractivity contribution in [2.24, 2.45) is 5.41 Å². The number of pyridine rings is 1. The van der Waals surface area contributed by atoms with Crippen LogP contribution in [0.15, 0.2) is 36.5 Å². The molecule has 3 rings (SSSR count). The number of rotatable bonds is 7. The molecule has 1 aromatic carbocycles. The fourth-order valence-electron chi connectivity index (χ4n) is 2.73. The highest BCUT2D eigenvalue weighted by molar-refractivity contribution is 6.32. The average Bonchev–Trinajstić information content (AvgIpc) is 3.50. The molecule has 1 aliphatic rings. The molecule has 0 aliphatic heterocycles. The number of carbonyl (C=O) groups is 2. The van der Waals surface area contributed by atoms with Gasteiger partial charge in [-0.25, -0.2) is 0 Å². The predicted octanol–water partition coefficient (Wildman–Crippen LogP) is 2.79. The van der Waals surface area contributed by atoms with Gasteiger partial charge in [0.15, 0.2) is 0 Å². The van der Waals surface area contributed by atoms with E-state index in [0.717, 1.165) is 5.69 Å². The first kappa shape index (κ1) is 19.0. The Labute approximate surface area is 162 Å². The molecule has 1 fully saturated rings. The van der Waals surface area contributed by atoms with E-state index in [1.54, 1.807) is 24.4 Å². The molecule has 27 heavy (non-hydrogen) atoms. The molecular formula is C19H20ClN3O4. The van der Waals surface area contributed by atoms with Crippen molar-refractivity contribution < 1.29 is 19.1 Å². The Morgan fingerprint density at radius 3 is 2.48 bits per heavy atom. The fourth-order valence-corrected chi connectivity index (χ4v) is 2.96. The van der Waals surface area contributed by atoms with Crippen molar-refractivity contribution in [1.29, 1.82) is 0 Å². The average molecular weight is 390 g/mol. The van der Waals surface area contributed by atoms with Crippen LogP contribution < -0.4 is 20.1 Å². The van der Waals surface area contributed by atoms with Crippen LogP contribution in [0.3, 0.4) is 0 Å². The van der Waals surface area contributed by atoms with Crippen molar-refractivity contribution in [1.82, 2.24) is 10.3 Å². The molecule has 1 aliphatic carbocycles. The van der Waals surface area contributed by atoms with Crippen molar-refractivity contribution in [3.8, 4) is 11.5 Å². The molecule has 1 heterocycles. The maximum absolute atomic E-state index is 12.8. The van der Waals surface area contributed by atoms with Crippen LogP contribution in [-0.4, -0.2) is 31.0 Å². The lowest BCUT2D eigenvalue weighted by Gasteiger charge is -2.17. The van der Waals surface area contributed by atoms with Crippen LogP contribution in [-0.2, 0) is 16.1 Å². The molecule has 0 unspecified atom stereocenters. The van der Waals surface area contributed by atoms with Gasteiger partial charge in [0.2, 0.25) is 11.8 Å². The number of hydrogen-bond donors (Lipinski definition) is 2. The molecule has 2 amide bonds. The summed E-state index contributed by atoms with van der Waals surface area (Å²) in [5, 5.41) is 5.92. The number of carbonyl (C=O) groups excluding carboxylic acids is 2. The van der Waals surface area contributed by atoms with E-state index in [1.807, 2.05) is 12.1 Å². The lowest BCUT2D eigenvalue weighted by molar-refractivity contribution is -0.134. The topological polar surface area (TPSA) is 89.5 Å². The molecule has 8 heteroatoms. The van der Waals surface area contributed by atoms with E-state index >= 15 is 0 Å². The lowest BCUT2D eigenvalue weighted by atomic mass is 10.0. The second-order valence-corrected chi connectivity index (χ2v) is 6.63. The van der Waals surface area contributed by atoms with Gasteiger partial charge in [-0.3, -0.25) is 14.6 Å². The zero-order valence-corrected chi connectivity index (χ0v) is 15.8. The normalized spacial score (nSPS) is 14.2. The number of anilines is 1. The fraction of sp³-hybridized carbons (Fsp3) is 0.316. The van der Waals surface area contributed by atoms with Crippen LogP contribution >= 0.6 is 11.6 Å². The summed E-state index contributed by atoms with van der Waals surface area (Å²) >= 11 is 6.08. The highest BCUT2D eigenvalue weighted by Crippen LogP contribution is 2.47. The number of hydrogen-bond acceptors (Lipinski definition) is 5. The summed E-state index contributed by atoms with van der Waals surface area (Å²) < 4.78 is 10.4. The van der Waals surface area contributed by atoms with Crippen LogP contribution in [0.25, 0.3) is 0 Å². The van der Waals surface area contributed by atoms with Crippen molar-refractivity contribution >= 4 is 29.1 Å². The van der Waals surface area contributed by atoms with Crippen molar-refractivity contribution in [2.75, 3.05) is 19.5 Å². The van der Waals surface area contributed by atoms with Crippen molar-refractivity contribution in [3.63, 3.8) is 0 Å². The van der Waals surface area contributed by atoms with Gasteiger partial charge in [-0.05, 0) is 25.0 Å². The number of aromatic nitrogens is 1. The molecule has 2 aromatic rings. The third-order valence-corrected chi connectivity index (χ3v) is 4.79. The third-order valence-electron chi connectivity index (χ3n) is 4.50. The number of amides is 2. The minimum Gasteiger partial charge on any atom is -0.495 e. The first-order valence-electron chi connectivity index (χ1n) is 8.41. The molecule has 0 radical (unpaired) electrons. The van der Waals surface area contributed by atoms with Crippen molar-refractivity contribution in [3.05, 3.63) is 47.2 Å². The van der Waals surface area contributed by atoms with Crippen LogP contribution in [0.1, 0.15) is 18.5 Å². The molecule has 0 atom stereocenters. The number of benzene rings is 1. The Balaban J connectivity index is 1.71. The first-order chi connectivity index (χ1) is 13.0. The van der Waals surface area contributed by atoms with Gasteiger partial charge in [0.25, 0.3) is 0 Å². The predicted molar refractivity (Wildman–Crippen MR) is 101 cm³/mol. The zero-order chi connectivity index (χ0) is 19.4. The summed E-state index contributed by atoms with van der Waals surface area (Å²) in [5.41, 5.74) is 0.0471. The van der Waals surface area contributed by atoms with E-state index in [-0.39, 0.29) is 18.4 Å². The van der Waals surface area contributed by atoms with Gasteiger partial charge in [-0.1, -0.05) is 17.7 Å². The largest absolute Gasteiger partial charge is 0.495 e. The Hall–Kier alpha value is -2.80. The van der Waals surface area contributed by atoms with Gasteiger partial charge < -0.3 is 20.1 Å². The highest BCUT2D eigenvalue weighted by Gasteiger charge is 2.56.